The quantitative estimate of drug-likeness (QED) is 0.275. The smallest absolute Gasteiger partial charge is 0.261 e. The van der Waals surface area contributed by atoms with Gasteiger partial charge in [0.15, 0.2) is 0 Å². The van der Waals surface area contributed by atoms with Crippen molar-refractivity contribution in [2.24, 2.45) is 0 Å². The number of ether oxygens (including phenoxy) is 1. The van der Waals surface area contributed by atoms with Crippen LogP contribution < -0.4 is 14.4 Å². The second-order valence-corrected chi connectivity index (χ2v) is 9.47. The molecule has 4 aromatic carbocycles. The van der Waals surface area contributed by atoms with Gasteiger partial charge < -0.3 is 14.2 Å². The number of anilines is 1. The molecule has 0 unspecified atom stereocenters. The Kier molecular flexibility index (Phi) is 6.38. The summed E-state index contributed by atoms with van der Waals surface area (Å²) >= 11 is 1.35. The summed E-state index contributed by atoms with van der Waals surface area (Å²) in [4.78, 5) is 16.2. The van der Waals surface area contributed by atoms with Crippen LogP contribution >= 0.6 is 11.9 Å². The Morgan fingerprint density at radius 3 is 2.49 bits per heavy atom. The molecule has 1 aromatic heterocycles. The minimum atomic E-state index is -0.116. The van der Waals surface area contributed by atoms with Crippen LogP contribution in [0.1, 0.15) is 15.9 Å². The van der Waals surface area contributed by atoms with Crippen molar-refractivity contribution >= 4 is 45.2 Å². The van der Waals surface area contributed by atoms with Gasteiger partial charge in [-0.05, 0) is 70.7 Å². The summed E-state index contributed by atoms with van der Waals surface area (Å²) < 4.78 is 10.5. The van der Waals surface area contributed by atoms with Gasteiger partial charge in [0.05, 0.1) is 7.11 Å². The van der Waals surface area contributed by atoms with E-state index in [0.717, 1.165) is 44.6 Å². The molecule has 5 aromatic rings. The Morgan fingerprint density at radius 2 is 1.71 bits per heavy atom. The van der Waals surface area contributed by atoms with Crippen LogP contribution in [0.15, 0.2) is 96.0 Å². The first-order valence-electron chi connectivity index (χ1n) is 11.4. The Balaban J connectivity index is 1.36. The van der Waals surface area contributed by atoms with E-state index in [9.17, 15) is 4.79 Å². The summed E-state index contributed by atoms with van der Waals surface area (Å²) in [7, 11) is 5.74. The third kappa shape index (κ3) is 4.70. The molecule has 5 rings (SSSR count). The average molecular weight is 482 g/mol. The lowest BCUT2D eigenvalue weighted by molar-refractivity contribution is 0.0984. The van der Waals surface area contributed by atoms with Crippen molar-refractivity contribution < 1.29 is 9.53 Å². The first-order valence-corrected chi connectivity index (χ1v) is 12.2. The molecule has 0 aliphatic heterocycles. The molecule has 1 amide bonds. The minimum absolute atomic E-state index is 0.116. The van der Waals surface area contributed by atoms with Gasteiger partial charge in [0, 0.05) is 53.9 Å². The van der Waals surface area contributed by atoms with E-state index >= 15 is 0 Å². The molecular formula is C29H27N3O2S. The molecule has 0 atom stereocenters. The number of aromatic nitrogens is 1. The Labute approximate surface area is 209 Å². The van der Waals surface area contributed by atoms with E-state index in [0.29, 0.717) is 5.56 Å². The Bertz CT molecular complexity index is 1510. The van der Waals surface area contributed by atoms with Gasteiger partial charge in [-0.1, -0.05) is 42.5 Å². The first kappa shape index (κ1) is 22.9. The standard InChI is InChI=1S/C29H27N3O2S/c1-31(2)26-8-4-7-25-24(26)6-5-9-28(25)35-30-29(33)22-13-12-21-16-17-32(27(21)18-22)19-20-10-14-23(34-3)15-11-20/h4-18H,19H2,1-3H3,(H,30,33). The molecule has 6 heteroatoms. The largest absolute Gasteiger partial charge is 0.497 e. The monoisotopic (exact) mass is 481 g/mol. The number of carbonyl (C=O) groups excluding carboxylic acids is 1. The van der Waals surface area contributed by atoms with Gasteiger partial charge in [0.2, 0.25) is 0 Å². The fourth-order valence-corrected chi connectivity index (χ4v) is 5.05. The number of nitrogens with zero attached hydrogens (tertiary/aromatic N) is 2. The number of benzene rings is 4. The third-order valence-electron chi connectivity index (χ3n) is 6.14. The molecule has 176 valence electrons. The van der Waals surface area contributed by atoms with E-state index in [-0.39, 0.29) is 5.91 Å². The predicted molar refractivity (Wildman–Crippen MR) is 146 cm³/mol. The maximum absolute atomic E-state index is 13.1. The molecular weight excluding hydrogens is 454 g/mol. The van der Waals surface area contributed by atoms with Crippen LogP contribution in [0.3, 0.4) is 0 Å². The van der Waals surface area contributed by atoms with Crippen molar-refractivity contribution in [2.75, 3.05) is 26.1 Å². The van der Waals surface area contributed by atoms with Gasteiger partial charge in [-0.3, -0.25) is 9.52 Å². The molecule has 0 saturated carbocycles. The van der Waals surface area contributed by atoms with Crippen LogP contribution in [0, 0.1) is 0 Å². The number of hydrogen-bond acceptors (Lipinski definition) is 4. The highest BCUT2D eigenvalue weighted by Crippen LogP contribution is 2.32. The van der Waals surface area contributed by atoms with E-state index < -0.39 is 0 Å². The van der Waals surface area contributed by atoms with Crippen molar-refractivity contribution in [1.29, 1.82) is 0 Å². The van der Waals surface area contributed by atoms with Crippen LogP contribution in [0.2, 0.25) is 0 Å². The topological polar surface area (TPSA) is 46.5 Å². The highest BCUT2D eigenvalue weighted by molar-refractivity contribution is 7.98. The molecule has 0 spiro atoms. The predicted octanol–water partition coefficient (Wildman–Crippen LogP) is 6.35. The molecule has 0 aliphatic rings. The highest BCUT2D eigenvalue weighted by atomic mass is 32.2. The van der Waals surface area contributed by atoms with E-state index in [4.69, 9.17) is 4.74 Å². The van der Waals surface area contributed by atoms with Gasteiger partial charge in [-0.15, -0.1) is 0 Å². The van der Waals surface area contributed by atoms with Crippen molar-refractivity contribution in [3.8, 4) is 5.75 Å². The highest BCUT2D eigenvalue weighted by Gasteiger charge is 2.12. The number of methoxy groups -OCH3 is 1. The summed E-state index contributed by atoms with van der Waals surface area (Å²) in [5, 5.41) is 3.38. The molecule has 0 saturated heterocycles. The van der Waals surface area contributed by atoms with Gasteiger partial charge >= 0.3 is 0 Å². The van der Waals surface area contributed by atoms with E-state index in [1.165, 1.54) is 17.5 Å². The molecule has 1 heterocycles. The fraction of sp³-hybridized carbons (Fsp3) is 0.138. The summed E-state index contributed by atoms with van der Waals surface area (Å²) in [5.74, 6) is 0.724. The average Bonchev–Trinajstić information content (AvgIpc) is 3.29. The molecule has 35 heavy (non-hydrogen) atoms. The first-order chi connectivity index (χ1) is 17.0. The van der Waals surface area contributed by atoms with Crippen LogP contribution in [0.4, 0.5) is 5.69 Å². The summed E-state index contributed by atoms with van der Waals surface area (Å²) in [5.41, 5.74) is 3.98. The lowest BCUT2D eigenvalue weighted by Crippen LogP contribution is -2.15. The second kappa shape index (κ2) is 9.76. The fourth-order valence-electron chi connectivity index (χ4n) is 4.29. The van der Waals surface area contributed by atoms with Crippen molar-refractivity contribution in [3.63, 3.8) is 0 Å². The lowest BCUT2D eigenvalue weighted by Gasteiger charge is -2.16. The zero-order valence-corrected chi connectivity index (χ0v) is 20.8. The van der Waals surface area contributed by atoms with E-state index in [1.54, 1.807) is 7.11 Å². The number of hydrogen-bond donors (Lipinski definition) is 1. The van der Waals surface area contributed by atoms with Crippen LogP contribution in [0.5, 0.6) is 5.75 Å². The molecule has 0 bridgehead atoms. The molecule has 0 aliphatic carbocycles. The number of carbonyl (C=O) groups is 1. The van der Waals surface area contributed by atoms with Crippen LogP contribution in [-0.4, -0.2) is 31.7 Å². The summed E-state index contributed by atoms with van der Waals surface area (Å²) in [6, 6.07) is 28.4. The van der Waals surface area contributed by atoms with E-state index in [1.807, 2.05) is 56.6 Å². The molecule has 0 radical (unpaired) electrons. The number of rotatable bonds is 7. The maximum Gasteiger partial charge on any atom is 0.261 e. The Hall–Kier alpha value is -3.90. The number of amides is 1. The SMILES string of the molecule is COc1ccc(Cn2ccc3ccc(C(=O)NSc4cccc5c(N(C)C)cccc45)cc32)cc1. The van der Waals surface area contributed by atoms with Gasteiger partial charge in [-0.25, -0.2) is 0 Å². The zero-order chi connectivity index (χ0) is 24.4. The van der Waals surface area contributed by atoms with Gasteiger partial charge in [-0.2, -0.15) is 0 Å². The number of nitrogens with one attached hydrogen (secondary N) is 1. The lowest BCUT2D eigenvalue weighted by atomic mass is 10.1. The third-order valence-corrected chi connectivity index (χ3v) is 7.01. The summed E-state index contributed by atoms with van der Waals surface area (Å²) in [6.07, 6.45) is 2.06. The van der Waals surface area contributed by atoms with Crippen LogP contribution in [-0.2, 0) is 6.54 Å². The van der Waals surface area contributed by atoms with Crippen molar-refractivity contribution in [1.82, 2.24) is 9.29 Å². The number of fused-ring (bicyclic) bond motifs is 2. The van der Waals surface area contributed by atoms with E-state index in [2.05, 4.69) is 62.9 Å². The second-order valence-electron chi connectivity index (χ2n) is 8.62. The zero-order valence-electron chi connectivity index (χ0n) is 20.0. The van der Waals surface area contributed by atoms with Crippen molar-refractivity contribution in [2.45, 2.75) is 11.4 Å². The van der Waals surface area contributed by atoms with Gasteiger partial charge in [0.25, 0.3) is 5.91 Å². The van der Waals surface area contributed by atoms with Crippen LogP contribution in [0.25, 0.3) is 21.7 Å². The normalized spacial score (nSPS) is 11.1. The molecule has 0 fully saturated rings. The minimum Gasteiger partial charge on any atom is -0.497 e. The molecule has 5 nitrogen and oxygen atoms in total. The van der Waals surface area contributed by atoms with Crippen molar-refractivity contribution in [3.05, 3.63) is 102 Å². The molecule has 1 N–H and O–H groups in total. The Morgan fingerprint density at radius 1 is 0.943 bits per heavy atom. The van der Waals surface area contributed by atoms with Gasteiger partial charge in [0.1, 0.15) is 5.75 Å². The maximum atomic E-state index is 13.1. The summed E-state index contributed by atoms with van der Waals surface area (Å²) in [6.45, 7) is 0.720.